The second kappa shape index (κ2) is 7.32. The van der Waals surface area contributed by atoms with Crippen LogP contribution < -0.4 is 10.6 Å². The van der Waals surface area contributed by atoms with Gasteiger partial charge in [0.25, 0.3) is 0 Å². The monoisotopic (exact) mass is 478 g/mol. The number of carboxylic acid groups (broad SMARTS) is 1. The summed E-state index contributed by atoms with van der Waals surface area (Å²) >= 11 is 0. The van der Waals surface area contributed by atoms with E-state index in [0.717, 1.165) is 42.1 Å². The summed E-state index contributed by atoms with van der Waals surface area (Å²) in [6, 6.07) is 0.00560. The zero-order valence-electron chi connectivity index (χ0n) is 20.7. The first-order valence-corrected chi connectivity index (χ1v) is 13.8. The quantitative estimate of drug-likeness (QED) is 0.171. The largest absolute Gasteiger partial charge is 0.478 e. The van der Waals surface area contributed by atoms with E-state index in [0.29, 0.717) is 30.3 Å². The molecule has 6 unspecified atom stereocenters. The standard InChI is InChI=1S/C29H38N2O4/c1-18(7-20(25(33)34)15-30-17-32)31-5-2-6-35-29-4-3-28(13-23(28)24(29)14-29)26-10-19-8-21-9-22(12-26)27(21,11-19)16-26/h3-4,14-15,17-19,21-23,31H,2,5-13,16H2,1H3,(H,30,32)(H,33,34)/b20-15+/t18-,19+,21?,22?,23?,26?,27?,28?,29+/m1/s1. The molecule has 7 rings (SSSR count). The molecule has 0 aliphatic heterocycles. The Hall–Kier alpha value is -1.92. The Balaban J connectivity index is 0.911. The third kappa shape index (κ3) is 3.02. The summed E-state index contributed by atoms with van der Waals surface area (Å²) in [7, 11) is 0. The molecule has 1 spiro atoms. The predicted octanol–water partition coefficient (Wildman–Crippen LogP) is 3.95. The highest BCUT2D eigenvalue weighted by molar-refractivity contribution is 5.86. The van der Waals surface area contributed by atoms with Gasteiger partial charge in [-0.3, -0.25) is 4.79 Å². The van der Waals surface area contributed by atoms with Gasteiger partial charge in [0, 0.05) is 24.3 Å². The third-order valence-corrected chi connectivity index (χ3v) is 11.5. The first-order chi connectivity index (χ1) is 16.9. The fourth-order valence-electron chi connectivity index (χ4n) is 10.1. The van der Waals surface area contributed by atoms with Crippen LogP contribution in [0.1, 0.15) is 64.7 Å². The molecule has 35 heavy (non-hydrogen) atoms. The number of allylic oxidation sites excluding steroid dienone is 1. The highest BCUT2D eigenvalue weighted by Crippen LogP contribution is 2.87. The zero-order chi connectivity index (χ0) is 24.1. The molecule has 5 saturated carbocycles. The normalized spacial score (nSPS) is 47.8. The lowest BCUT2D eigenvalue weighted by Crippen LogP contribution is -2.42. The van der Waals surface area contributed by atoms with E-state index in [-0.39, 0.29) is 17.2 Å². The van der Waals surface area contributed by atoms with Crippen molar-refractivity contribution in [3.63, 3.8) is 0 Å². The summed E-state index contributed by atoms with van der Waals surface area (Å²) in [6.07, 6.45) is 20.9. The van der Waals surface area contributed by atoms with Crippen molar-refractivity contribution in [2.75, 3.05) is 13.2 Å². The van der Waals surface area contributed by atoms with Crippen molar-refractivity contribution >= 4 is 12.4 Å². The van der Waals surface area contributed by atoms with Crippen molar-refractivity contribution in [1.29, 1.82) is 0 Å². The summed E-state index contributed by atoms with van der Waals surface area (Å²) in [5.41, 5.74) is 3.37. The first kappa shape index (κ1) is 22.3. The SMILES string of the molecule is C[C@H](C/C(=C\NC=O)C(=O)O)NCCCO[C@]12C=CC3(C45CC6CC7C[C@H](CC76C4)C5)CC3C1=C2. The minimum Gasteiger partial charge on any atom is -0.478 e. The van der Waals surface area contributed by atoms with Gasteiger partial charge in [-0.2, -0.15) is 0 Å². The number of carbonyl (C=O) groups excluding carboxylic acids is 1. The maximum Gasteiger partial charge on any atom is 0.333 e. The van der Waals surface area contributed by atoms with Crippen LogP contribution in [0.5, 0.6) is 0 Å². The lowest BCUT2D eigenvalue weighted by Gasteiger charge is -2.50. The van der Waals surface area contributed by atoms with E-state index in [4.69, 9.17) is 4.74 Å². The van der Waals surface area contributed by atoms with E-state index in [9.17, 15) is 14.7 Å². The van der Waals surface area contributed by atoms with Crippen molar-refractivity contribution in [1.82, 2.24) is 10.6 Å². The van der Waals surface area contributed by atoms with Crippen LogP contribution in [-0.2, 0) is 14.3 Å². The number of carbonyl (C=O) groups is 2. The van der Waals surface area contributed by atoms with Gasteiger partial charge in [-0.25, -0.2) is 4.79 Å². The number of ether oxygens (including phenoxy) is 1. The molecule has 0 aromatic rings. The molecule has 7 aliphatic carbocycles. The average Bonchev–Trinajstić information content (AvgIpc) is 3.70. The number of hydrogen-bond acceptors (Lipinski definition) is 4. The van der Waals surface area contributed by atoms with Gasteiger partial charge in [0.15, 0.2) is 0 Å². The summed E-state index contributed by atoms with van der Waals surface area (Å²) in [5.74, 6) is 2.85. The number of amides is 1. The van der Waals surface area contributed by atoms with Crippen LogP contribution in [0.15, 0.2) is 35.6 Å². The third-order valence-electron chi connectivity index (χ3n) is 11.5. The van der Waals surface area contributed by atoms with E-state index < -0.39 is 5.97 Å². The smallest absolute Gasteiger partial charge is 0.333 e. The molecular weight excluding hydrogens is 440 g/mol. The second-order valence-corrected chi connectivity index (χ2v) is 13.1. The topological polar surface area (TPSA) is 87.7 Å². The number of aliphatic carboxylic acids is 1. The van der Waals surface area contributed by atoms with Gasteiger partial charge in [-0.15, -0.1) is 0 Å². The fraction of sp³-hybridized carbons (Fsp3) is 0.724. The van der Waals surface area contributed by atoms with Crippen LogP contribution in [-0.4, -0.2) is 42.3 Å². The maximum atomic E-state index is 11.3. The molecule has 1 amide bonds. The second-order valence-electron chi connectivity index (χ2n) is 13.1. The van der Waals surface area contributed by atoms with E-state index in [1.807, 2.05) is 6.92 Å². The van der Waals surface area contributed by atoms with Crippen molar-refractivity contribution < 1.29 is 19.4 Å². The van der Waals surface area contributed by atoms with Crippen LogP contribution in [0.3, 0.4) is 0 Å². The van der Waals surface area contributed by atoms with E-state index in [2.05, 4.69) is 28.9 Å². The number of carboxylic acids is 1. The van der Waals surface area contributed by atoms with E-state index in [1.54, 1.807) is 12.0 Å². The molecular formula is C29H38N2O4. The first-order valence-electron chi connectivity index (χ1n) is 13.8. The summed E-state index contributed by atoms with van der Waals surface area (Å²) < 4.78 is 6.41. The maximum absolute atomic E-state index is 11.3. The van der Waals surface area contributed by atoms with Gasteiger partial charge < -0.3 is 20.5 Å². The molecule has 0 saturated heterocycles. The van der Waals surface area contributed by atoms with Crippen molar-refractivity contribution in [2.24, 2.45) is 39.9 Å². The van der Waals surface area contributed by atoms with Gasteiger partial charge in [0.1, 0.15) is 5.60 Å². The van der Waals surface area contributed by atoms with Crippen molar-refractivity contribution in [3.8, 4) is 0 Å². The van der Waals surface area contributed by atoms with Crippen LogP contribution >= 0.6 is 0 Å². The molecule has 3 N–H and O–H groups in total. The van der Waals surface area contributed by atoms with Gasteiger partial charge in [-0.05, 0) is 123 Å². The summed E-state index contributed by atoms with van der Waals surface area (Å²) in [5, 5.41) is 15.0. The predicted molar refractivity (Wildman–Crippen MR) is 131 cm³/mol. The summed E-state index contributed by atoms with van der Waals surface area (Å²) in [6.45, 7) is 3.42. The Kier molecular flexibility index (Phi) is 4.66. The van der Waals surface area contributed by atoms with E-state index >= 15 is 0 Å². The molecule has 0 heterocycles. The molecule has 188 valence electrons. The molecule has 0 aromatic heterocycles. The van der Waals surface area contributed by atoms with Crippen LogP contribution in [0.2, 0.25) is 0 Å². The zero-order valence-corrected chi connectivity index (χ0v) is 20.7. The Morgan fingerprint density at radius 1 is 1.23 bits per heavy atom. The summed E-state index contributed by atoms with van der Waals surface area (Å²) in [4.78, 5) is 21.7. The molecule has 0 radical (unpaired) electrons. The van der Waals surface area contributed by atoms with Crippen molar-refractivity contribution in [3.05, 3.63) is 35.6 Å². The van der Waals surface area contributed by atoms with Crippen LogP contribution in [0, 0.1) is 39.9 Å². The minimum atomic E-state index is -1.01. The minimum absolute atomic E-state index is 0.00560. The molecule has 6 nitrogen and oxygen atoms in total. The van der Waals surface area contributed by atoms with Gasteiger partial charge in [-0.1, -0.05) is 6.08 Å². The highest BCUT2D eigenvalue weighted by atomic mass is 16.5. The van der Waals surface area contributed by atoms with E-state index in [1.165, 1.54) is 44.7 Å². The number of hydrogen-bond donors (Lipinski definition) is 3. The Labute approximate surface area is 207 Å². The molecule has 3 bridgehead atoms. The Morgan fingerprint density at radius 2 is 2.11 bits per heavy atom. The van der Waals surface area contributed by atoms with Crippen LogP contribution in [0.4, 0.5) is 0 Å². The molecule has 9 atom stereocenters. The highest BCUT2D eigenvalue weighted by Gasteiger charge is 2.80. The fourth-order valence-corrected chi connectivity index (χ4v) is 10.1. The lowest BCUT2D eigenvalue weighted by molar-refractivity contribution is -0.132. The van der Waals surface area contributed by atoms with Crippen LogP contribution in [0.25, 0.3) is 0 Å². The van der Waals surface area contributed by atoms with Gasteiger partial charge >= 0.3 is 5.97 Å². The van der Waals surface area contributed by atoms with Gasteiger partial charge in [0.2, 0.25) is 6.41 Å². The molecule has 6 heteroatoms. The lowest BCUT2D eigenvalue weighted by atomic mass is 9.55. The van der Waals surface area contributed by atoms with Gasteiger partial charge in [0.05, 0.1) is 5.57 Å². The molecule has 0 aromatic carbocycles. The number of fused-ring (bicyclic) bond motifs is 6. The number of rotatable bonds is 12. The number of nitrogens with one attached hydrogen (secondary N) is 2. The molecule has 5 fully saturated rings. The van der Waals surface area contributed by atoms with Crippen molar-refractivity contribution in [2.45, 2.75) is 76.4 Å². The Bertz CT molecular complexity index is 1060. The Morgan fingerprint density at radius 3 is 2.94 bits per heavy atom. The average molecular weight is 479 g/mol. The molecule has 7 aliphatic rings.